The Morgan fingerprint density at radius 3 is 2.86 bits per heavy atom. The summed E-state index contributed by atoms with van der Waals surface area (Å²) in [5, 5.41) is 4.12. The number of aryl methyl sites for hydroxylation is 1. The van der Waals surface area contributed by atoms with Gasteiger partial charge in [0, 0.05) is 36.7 Å². The molecule has 0 bridgehead atoms. The third kappa shape index (κ3) is 3.71. The highest BCUT2D eigenvalue weighted by Gasteiger charge is 2.20. The molecule has 0 atom stereocenters. The molecule has 4 heterocycles. The minimum Gasteiger partial charge on any atom is -0.312 e. The van der Waals surface area contributed by atoms with Crippen molar-refractivity contribution >= 4 is 23.1 Å². The van der Waals surface area contributed by atoms with Crippen molar-refractivity contribution in [3.63, 3.8) is 0 Å². The van der Waals surface area contributed by atoms with Crippen molar-refractivity contribution in [2.45, 2.75) is 55.2 Å². The second-order valence-corrected chi connectivity index (χ2v) is 9.96. The molecule has 0 amide bonds. The predicted octanol–water partition coefficient (Wildman–Crippen LogP) is 4.65. The predicted molar refractivity (Wildman–Crippen MR) is 115 cm³/mol. The fourth-order valence-electron chi connectivity index (χ4n) is 3.88. The SMILES string of the molecule is Cc1nc(SC2CCCC2)sc1-c1ccnc(-c2ccc3c(n2)CCNC3)n1. The fraction of sp³-hybridized carbons (Fsp3) is 0.429. The van der Waals surface area contributed by atoms with Gasteiger partial charge < -0.3 is 5.32 Å². The summed E-state index contributed by atoms with van der Waals surface area (Å²) < 4.78 is 1.17. The van der Waals surface area contributed by atoms with Crippen LogP contribution in [0.5, 0.6) is 0 Å². The van der Waals surface area contributed by atoms with Crippen LogP contribution in [0.3, 0.4) is 0 Å². The van der Waals surface area contributed by atoms with E-state index in [-0.39, 0.29) is 0 Å². The molecule has 1 saturated carbocycles. The van der Waals surface area contributed by atoms with E-state index in [9.17, 15) is 0 Å². The maximum atomic E-state index is 4.84. The van der Waals surface area contributed by atoms with Gasteiger partial charge in [0.05, 0.1) is 16.3 Å². The number of fused-ring (bicyclic) bond motifs is 1. The van der Waals surface area contributed by atoms with Crippen LogP contribution >= 0.6 is 23.1 Å². The van der Waals surface area contributed by atoms with Gasteiger partial charge in [-0.3, -0.25) is 0 Å². The van der Waals surface area contributed by atoms with Crippen LogP contribution in [-0.2, 0) is 13.0 Å². The number of rotatable bonds is 4. The standard InChI is InChI=1S/C21H23N5S2/c1-13-19(28-21(24-13)27-15-4-2-3-5-15)17-9-11-23-20(26-17)18-7-6-14-12-22-10-8-16(14)25-18/h6-7,9,11,15,22H,2-5,8,10,12H2,1H3. The number of thiazole rings is 1. The van der Waals surface area contributed by atoms with Crippen molar-refractivity contribution in [1.82, 2.24) is 25.3 Å². The molecule has 0 radical (unpaired) electrons. The topological polar surface area (TPSA) is 63.6 Å². The number of nitrogens with zero attached hydrogens (tertiary/aromatic N) is 4. The highest BCUT2D eigenvalue weighted by Crippen LogP contribution is 2.40. The van der Waals surface area contributed by atoms with Crippen molar-refractivity contribution in [1.29, 1.82) is 0 Å². The largest absolute Gasteiger partial charge is 0.312 e. The number of hydrogen-bond donors (Lipinski definition) is 1. The minimum atomic E-state index is 0.691. The first kappa shape index (κ1) is 18.2. The van der Waals surface area contributed by atoms with E-state index in [4.69, 9.17) is 15.0 Å². The Balaban J connectivity index is 1.43. The normalized spacial score (nSPS) is 17.0. The molecule has 0 aromatic carbocycles. The average Bonchev–Trinajstić information content (AvgIpc) is 3.37. The lowest BCUT2D eigenvalue weighted by molar-refractivity contribution is 0.630. The van der Waals surface area contributed by atoms with Crippen LogP contribution in [0.4, 0.5) is 0 Å². The molecular formula is C21H23N5S2. The Morgan fingerprint density at radius 1 is 1.07 bits per heavy atom. The van der Waals surface area contributed by atoms with Crippen LogP contribution in [0.25, 0.3) is 22.1 Å². The lowest BCUT2D eigenvalue weighted by Crippen LogP contribution is -2.24. The van der Waals surface area contributed by atoms with E-state index < -0.39 is 0 Å². The van der Waals surface area contributed by atoms with E-state index in [1.54, 1.807) is 11.3 Å². The fourth-order valence-corrected chi connectivity index (χ4v) is 6.54. The Labute approximate surface area is 173 Å². The molecule has 0 saturated heterocycles. The van der Waals surface area contributed by atoms with Gasteiger partial charge in [-0.05, 0) is 37.5 Å². The maximum absolute atomic E-state index is 4.84. The molecule has 3 aromatic rings. The van der Waals surface area contributed by atoms with Crippen LogP contribution in [-0.4, -0.2) is 31.7 Å². The van der Waals surface area contributed by atoms with E-state index in [0.29, 0.717) is 5.82 Å². The monoisotopic (exact) mass is 409 g/mol. The summed E-state index contributed by atoms with van der Waals surface area (Å²) in [5.74, 6) is 0.691. The molecule has 144 valence electrons. The summed E-state index contributed by atoms with van der Waals surface area (Å²) in [7, 11) is 0. The zero-order valence-electron chi connectivity index (χ0n) is 15.9. The van der Waals surface area contributed by atoms with Crippen molar-refractivity contribution < 1.29 is 0 Å². The van der Waals surface area contributed by atoms with Gasteiger partial charge in [0.25, 0.3) is 0 Å². The van der Waals surface area contributed by atoms with Crippen LogP contribution < -0.4 is 5.32 Å². The molecule has 7 heteroatoms. The van der Waals surface area contributed by atoms with Gasteiger partial charge in [-0.1, -0.05) is 30.7 Å². The molecule has 1 aliphatic carbocycles. The molecular weight excluding hydrogens is 386 g/mol. The van der Waals surface area contributed by atoms with Crippen LogP contribution in [0.2, 0.25) is 0 Å². The van der Waals surface area contributed by atoms with Gasteiger partial charge >= 0.3 is 0 Å². The molecule has 28 heavy (non-hydrogen) atoms. The minimum absolute atomic E-state index is 0.691. The Hall–Kier alpha value is -1.83. The molecule has 2 aliphatic rings. The summed E-state index contributed by atoms with van der Waals surface area (Å²) in [6.07, 6.45) is 8.13. The number of thioether (sulfide) groups is 1. The highest BCUT2D eigenvalue weighted by atomic mass is 32.2. The molecule has 5 rings (SSSR count). The highest BCUT2D eigenvalue weighted by molar-refractivity contribution is 8.01. The second-order valence-electron chi connectivity index (χ2n) is 7.41. The first-order chi connectivity index (χ1) is 13.8. The van der Waals surface area contributed by atoms with E-state index in [0.717, 1.165) is 52.4 Å². The first-order valence-electron chi connectivity index (χ1n) is 9.93. The average molecular weight is 410 g/mol. The quantitative estimate of drug-likeness (QED) is 0.677. The van der Waals surface area contributed by atoms with Gasteiger partial charge in [-0.2, -0.15) is 0 Å². The smallest absolute Gasteiger partial charge is 0.178 e. The Kier molecular flexibility index (Phi) is 5.13. The number of pyridine rings is 1. The van der Waals surface area contributed by atoms with Gasteiger partial charge in [0.1, 0.15) is 5.69 Å². The molecule has 3 aromatic heterocycles. The van der Waals surface area contributed by atoms with Crippen molar-refractivity contribution in [2.24, 2.45) is 0 Å². The van der Waals surface area contributed by atoms with Gasteiger partial charge in [-0.15, -0.1) is 11.3 Å². The third-order valence-electron chi connectivity index (χ3n) is 5.39. The van der Waals surface area contributed by atoms with Gasteiger partial charge in [0.2, 0.25) is 0 Å². The van der Waals surface area contributed by atoms with Crippen LogP contribution in [0.15, 0.2) is 28.7 Å². The first-order valence-corrected chi connectivity index (χ1v) is 11.6. The summed E-state index contributed by atoms with van der Waals surface area (Å²) in [5.41, 5.74) is 5.29. The maximum Gasteiger partial charge on any atom is 0.178 e. The van der Waals surface area contributed by atoms with E-state index in [2.05, 4.69) is 23.3 Å². The molecule has 1 fully saturated rings. The van der Waals surface area contributed by atoms with Crippen LogP contribution in [0.1, 0.15) is 42.6 Å². The zero-order valence-corrected chi connectivity index (χ0v) is 17.6. The van der Waals surface area contributed by atoms with Gasteiger partial charge in [-0.25, -0.2) is 19.9 Å². The Morgan fingerprint density at radius 2 is 1.96 bits per heavy atom. The van der Waals surface area contributed by atoms with Crippen molar-refractivity contribution in [3.8, 4) is 22.1 Å². The molecule has 0 spiro atoms. The molecule has 1 aliphatic heterocycles. The van der Waals surface area contributed by atoms with Crippen molar-refractivity contribution in [2.75, 3.05) is 6.54 Å². The summed E-state index contributed by atoms with van der Waals surface area (Å²) in [4.78, 5) is 20.1. The number of nitrogens with one attached hydrogen (secondary N) is 1. The third-order valence-corrected chi connectivity index (χ3v) is 8.00. The second kappa shape index (κ2) is 7.89. The van der Waals surface area contributed by atoms with Gasteiger partial charge in [0.15, 0.2) is 10.2 Å². The molecule has 1 N–H and O–H groups in total. The molecule has 0 unspecified atom stereocenters. The van der Waals surface area contributed by atoms with E-state index in [1.807, 2.05) is 30.1 Å². The molecule has 5 nitrogen and oxygen atoms in total. The van der Waals surface area contributed by atoms with E-state index in [1.165, 1.54) is 35.6 Å². The number of aromatic nitrogens is 4. The Bertz CT molecular complexity index is 994. The summed E-state index contributed by atoms with van der Waals surface area (Å²) in [6, 6.07) is 6.16. The van der Waals surface area contributed by atoms with Crippen molar-refractivity contribution in [3.05, 3.63) is 41.3 Å². The number of hydrogen-bond acceptors (Lipinski definition) is 7. The van der Waals surface area contributed by atoms with E-state index >= 15 is 0 Å². The lowest BCUT2D eigenvalue weighted by Gasteiger charge is -2.16. The summed E-state index contributed by atoms with van der Waals surface area (Å²) >= 11 is 3.70. The lowest BCUT2D eigenvalue weighted by atomic mass is 10.1. The summed E-state index contributed by atoms with van der Waals surface area (Å²) in [6.45, 7) is 3.95. The zero-order chi connectivity index (χ0) is 18.9. The van der Waals surface area contributed by atoms with Crippen LogP contribution in [0, 0.1) is 6.92 Å².